The molecule has 0 bridgehead atoms. The lowest BCUT2D eigenvalue weighted by molar-refractivity contribution is -0.189. The van der Waals surface area contributed by atoms with Crippen molar-refractivity contribution in [3.05, 3.63) is 11.6 Å². The van der Waals surface area contributed by atoms with Crippen molar-refractivity contribution < 1.29 is 19.6 Å². The molecule has 0 aliphatic heterocycles. The van der Waals surface area contributed by atoms with Crippen LogP contribution in [0.1, 0.15) is 113 Å². The van der Waals surface area contributed by atoms with Crippen molar-refractivity contribution in [3.8, 4) is 0 Å². The van der Waals surface area contributed by atoms with Crippen LogP contribution in [-0.2, 0) is 14.4 Å². The molecule has 6 heteroatoms. The van der Waals surface area contributed by atoms with Gasteiger partial charge in [0.25, 0.3) is 0 Å². The molecule has 9 atom stereocenters. The van der Waals surface area contributed by atoms with E-state index in [2.05, 4.69) is 46.9 Å². The first kappa shape index (κ1) is 27.9. The number of nitrogens with one attached hydrogen (secondary N) is 2. The van der Waals surface area contributed by atoms with Gasteiger partial charge in [0.15, 0.2) is 5.78 Å². The highest BCUT2D eigenvalue weighted by Gasteiger charge is 2.70. The predicted octanol–water partition coefficient (Wildman–Crippen LogP) is 5.98. The van der Waals surface area contributed by atoms with Gasteiger partial charge in [-0.2, -0.15) is 0 Å². The van der Waals surface area contributed by atoms with Crippen molar-refractivity contribution in [2.45, 2.75) is 119 Å². The van der Waals surface area contributed by atoms with Gasteiger partial charge in [-0.25, -0.2) is 5.48 Å². The summed E-state index contributed by atoms with van der Waals surface area (Å²) in [5.41, 5.74) is 2.20. The maximum atomic E-state index is 14.4. The lowest BCUT2D eigenvalue weighted by atomic mass is 9.33. The van der Waals surface area contributed by atoms with E-state index in [4.69, 9.17) is 0 Å². The van der Waals surface area contributed by atoms with Gasteiger partial charge in [0.2, 0.25) is 11.8 Å². The minimum absolute atomic E-state index is 0.0285. The standard InChI is InChI=1S/C32H50N2O4/c1-19(35)33-24-10-11-30(6)23(27(24,2)3)9-12-32(8)25(30)22(36)17-20-21-18-29(5,26(37)34-38)14-13-28(21,4)15-16-31(20,32)7/h17,21,23-25,38H,9-16,18H2,1-8H3,(H,33,35)(H,34,37)/t21-,23?,24+,25-,28-,29+,30+,31-,32-/m1/s1. The van der Waals surface area contributed by atoms with Crippen LogP contribution in [0.4, 0.5) is 0 Å². The highest BCUT2D eigenvalue weighted by molar-refractivity contribution is 5.95. The number of carbonyl (C=O) groups excluding carboxylic acids is 3. The smallest absolute Gasteiger partial charge is 0.249 e. The molecule has 0 radical (unpaired) electrons. The van der Waals surface area contributed by atoms with Crippen LogP contribution >= 0.6 is 0 Å². The van der Waals surface area contributed by atoms with Crippen molar-refractivity contribution in [1.29, 1.82) is 0 Å². The summed E-state index contributed by atoms with van der Waals surface area (Å²) < 4.78 is 0. The predicted molar refractivity (Wildman–Crippen MR) is 147 cm³/mol. The van der Waals surface area contributed by atoms with Crippen LogP contribution in [0.5, 0.6) is 0 Å². The van der Waals surface area contributed by atoms with Crippen LogP contribution in [0.15, 0.2) is 11.6 Å². The number of amides is 2. The van der Waals surface area contributed by atoms with E-state index >= 15 is 0 Å². The maximum Gasteiger partial charge on any atom is 0.249 e. The Morgan fingerprint density at radius 2 is 1.58 bits per heavy atom. The Labute approximate surface area is 229 Å². The summed E-state index contributed by atoms with van der Waals surface area (Å²) in [6.45, 7) is 17.7. The summed E-state index contributed by atoms with van der Waals surface area (Å²) in [5.74, 6) is 0.493. The van der Waals surface area contributed by atoms with Crippen molar-refractivity contribution in [2.24, 2.45) is 50.2 Å². The van der Waals surface area contributed by atoms with Gasteiger partial charge >= 0.3 is 0 Å². The maximum absolute atomic E-state index is 14.4. The quantitative estimate of drug-likeness (QED) is 0.305. The normalized spacial score (nSPS) is 49.4. The Morgan fingerprint density at radius 1 is 0.921 bits per heavy atom. The van der Waals surface area contributed by atoms with E-state index in [1.54, 1.807) is 6.92 Å². The second-order valence-corrected chi connectivity index (χ2v) is 15.8. The minimum atomic E-state index is -0.630. The first-order chi connectivity index (χ1) is 17.5. The second kappa shape index (κ2) is 8.41. The molecule has 0 heterocycles. The Morgan fingerprint density at radius 3 is 2.21 bits per heavy atom. The van der Waals surface area contributed by atoms with Gasteiger partial charge < -0.3 is 5.32 Å². The zero-order valence-electron chi connectivity index (χ0n) is 24.9. The van der Waals surface area contributed by atoms with Gasteiger partial charge in [-0.1, -0.05) is 54.0 Å². The van der Waals surface area contributed by atoms with Gasteiger partial charge in [-0.3, -0.25) is 19.6 Å². The number of hydrogen-bond acceptors (Lipinski definition) is 4. The van der Waals surface area contributed by atoms with Crippen LogP contribution < -0.4 is 10.8 Å². The first-order valence-electron chi connectivity index (χ1n) is 15.0. The fourth-order valence-corrected chi connectivity index (χ4v) is 11.0. The molecule has 4 saturated carbocycles. The van der Waals surface area contributed by atoms with E-state index in [-0.39, 0.29) is 62.6 Å². The number of ketones is 1. The van der Waals surface area contributed by atoms with Crippen LogP contribution in [-0.4, -0.2) is 28.8 Å². The molecular formula is C32H50N2O4. The third kappa shape index (κ3) is 3.50. The van der Waals surface area contributed by atoms with Crippen molar-refractivity contribution >= 4 is 17.6 Å². The third-order valence-electron chi connectivity index (χ3n) is 13.6. The minimum Gasteiger partial charge on any atom is -0.353 e. The topological polar surface area (TPSA) is 95.5 Å². The van der Waals surface area contributed by atoms with Gasteiger partial charge in [0, 0.05) is 24.3 Å². The average molecular weight is 527 g/mol. The van der Waals surface area contributed by atoms with E-state index < -0.39 is 5.41 Å². The Balaban J connectivity index is 1.57. The molecule has 212 valence electrons. The monoisotopic (exact) mass is 526 g/mol. The third-order valence-corrected chi connectivity index (χ3v) is 13.6. The van der Waals surface area contributed by atoms with E-state index in [1.807, 2.05) is 18.5 Å². The van der Waals surface area contributed by atoms with Gasteiger partial charge in [0.05, 0.1) is 0 Å². The van der Waals surface area contributed by atoms with Gasteiger partial charge in [-0.15, -0.1) is 0 Å². The molecule has 0 aromatic heterocycles. The van der Waals surface area contributed by atoms with Gasteiger partial charge in [0.1, 0.15) is 0 Å². The second-order valence-electron chi connectivity index (χ2n) is 15.8. The largest absolute Gasteiger partial charge is 0.353 e. The summed E-state index contributed by atoms with van der Waals surface area (Å²) in [6, 6.07) is 0.135. The first-order valence-corrected chi connectivity index (χ1v) is 15.0. The molecule has 5 rings (SSSR count). The van der Waals surface area contributed by atoms with Crippen molar-refractivity contribution in [3.63, 3.8) is 0 Å². The molecule has 38 heavy (non-hydrogen) atoms. The molecule has 0 saturated heterocycles. The number of rotatable bonds is 2. The Kier molecular flexibility index (Phi) is 6.16. The van der Waals surface area contributed by atoms with E-state index in [1.165, 1.54) is 5.57 Å². The lowest BCUT2D eigenvalue weighted by Gasteiger charge is -2.70. The number of fused-ring (bicyclic) bond motifs is 7. The molecule has 0 spiro atoms. The molecule has 0 aromatic carbocycles. The van der Waals surface area contributed by atoms with E-state index in [9.17, 15) is 19.6 Å². The highest BCUT2D eigenvalue weighted by atomic mass is 16.5. The summed E-state index contributed by atoms with van der Waals surface area (Å²) in [4.78, 5) is 39.2. The zero-order chi connectivity index (χ0) is 28.1. The molecule has 2 amide bonds. The number of allylic oxidation sites excluding steroid dienone is 2. The van der Waals surface area contributed by atoms with Gasteiger partial charge in [-0.05, 0) is 103 Å². The summed E-state index contributed by atoms with van der Waals surface area (Å²) in [5, 5.41) is 12.7. The van der Waals surface area contributed by atoms with E-state index in [0.29, 0.717) is 12.3 Å². The van der Waals surface area contributed by atoms with Crippen LogP contribution in [0.25, 0.3) is 0 Å². The molecule has 0 aromatic rings. The van der Waals surface area contributed by atoms with E-state index in [0.717, 1.165) is 51.4 Å². The SMILES string of the molecule is CC(=O)N[C@H]1CC[C@@]2(C)C(CC[C@]3(C)[C@@H]2C(=O)C=C2[C@H]4C[C@@](C)(C(=O)NO)CC[C@]4(C)CC[C@]23C)C1(C)C. The zero-order valence-corrected chi connectivity index (χ0v) is 24.9. The molecule has 5 aliphatic carbocycles. The number of hydroxylamine groups is 1. The van der Waals surface area contributed by atoms with Crippen LogP contribution in [0.3, 0.4) is 0 Å². The Hall–Kier alpha value is -1.69. The average Bonchev–Trinajstić information content (AvgIpc) is 2.82. The fraction of sp³-hybridized carbons (Fsp3) is 0.844. The molecule has 6 nitrogen and oxygen atoms in total. The fourth-order valence-electron chi connectivity index (χ4n) is 11.0. The summed E-state index contributed by atoms with van der Waals surface area (Å²) >= 11 is 0. The number of hydrogen-bond donors (Lipinski definition) is 3. The van der Waals surface area contributed by atoms with Crippen molar-refractivity contribution in [2.75, 3.05) is 0 Å². The van der Waals surface area contributed by atoms with Crippen molar-refractivity contribution in [1.82, 2.24) is 10.8 Å². The molecule has 1 unspecified atom stereocenters. The highest BCUT2D eigenvalue weighted by Crippen LogP contribution is 2.75. The summed E-state index contributed by atoms with van der Waals surface area (Å²) in [6.07, 6.45) is 10.5. The summed E-state index contributed by atoms with van der Waals surface area (Å²) in [7, 11) is 0. The lowest BCUT2D eigenvalue weighted by Crippen LogP contribution is -2.67. The molecular weight excluding hydrogens is 476 g/mol. The molecule has 5 aliphatic rings. The van der Waals surface area contributed by atoms with Crippen LogP contribution in [0.2, 0.25) is 0 Å². The van der Waals surface area contributed by atoms with Crippen LogP contribution in [0, 0.1) is 50.2 Å². The Bertz CT molecular complexity index is 1100. The number of carbonyl (C=O) groups is 3. The molecule has 3 N–H and O–H groups in total. The molecule has 4 fully saturated rings.